The second-order valence-corrected chi connectivity index (χ2v) is 7.49. The van der Waals surface area contributed by atoms with E-state index in [0.717, 1.165) is 60.1 Å². The van der Waals surface area contributed by atoms with E-state index < -0.39 is 0 Å². The summed E-state index contributed by atoms with van der Waals surface area (Å²) < 4.78 is 3.26. The predicted molar refractivity (Wildman–Crippen MR) is 116 cm³/mol. The number of nitrogens with one attached hydrogen (secondary N) is 2. The van der Waals surface area contributed by atoms with Crippen molar-refractivity contribution in [3.63, 3.8) is 0 Å². The van der Waals surface area contributed by atoms with Gasteiger partial charge >= 0.3 is 0 Å². The van der Waals surface area contributed by atoms with Crippen LogP contribution in [0.25, 0.3) is 11.0 Å². The molecule has 8 nitrogen and oxygen atoms in total. The van der Waals surface area contributed by atoms with Gasteiger partial charge in [0, 0.05) is 43.8 Å². The van der Waals surface area contributed by atoms with Crippen LogP contribution in [0.15, 0.2) is 30.7 Å². The fourth-order valence-corrected chi connectivity index (χ4v) is 3.52. The first kappa shape index (κ1) is 18.7. The molecule has 9 heteroatoms. The molecule has 1 saturated heterocycles. The first-order chi connectivity index (χ1) is 13.6. The lowest BCUT2D eigenvalue weighted by Gasteiger charge is -2.32. The minimum Gasteiger partial charge on any atom is -0.338 e. The van der Waals surface area contributed by atoms with Crippen LogP contribution in [0, 0.1) is 6.92 Å². The average Bonchev–Trinajstić information content (AvgIpc) is 2.71. The molecule has 1 fully saturated rings. The fourth-order valence-electron chi connectivity index (χ4n) is 3.16. The van der Waals surface area contributed by atoms with Crippen molar-refractivity contribution < 1.29 is 0 Å². The van der Waals surface area contributed by atoms with Gasteiger partial charge in [0.2, 0.25) is 5.95 Å². The summed E-state index contributed by atoms with van der Waals surface area (Å²) in [7, 11) is 2.14. The maximum absolute atomic E-state index is 4.80. The highest BCUT2D eigenvalue weighted by Crippen LogP contribution is 2.27. The van der Waals surface area contributed by atoms with E-state index >= 15 is 0 Å². The summed E-state index contributed by atoms with van der Waals surface area (Å²) in [6.45, 7) is 5.91. The Labute approximate surface area is 168 Å². The monoisotopic (exact) mass is 396 g/mol. The Bertz CT molecular complexity index is 971. The van der Waals surface area contributed by atoms with Crippen LogP contribution >= 0.6 is 11.9 Å². The molecule has 0 bridgehead atoms. The van der Waals surface area contributed by atoms with Gasteiger partial charge in [-0.05, 0) is 31.7 Å². The van der Waals surface area contributed by atoms with Crippen LogP contribution in [0.2, 0.25) is 0 Å². The van der Waals surface area contributed by atoms with Crippen molar-refractivity contribution in [2.75, 3.05) is 54.4 Å². The highest BCUT2D eigenvalue weighted by atomic mass is 32.2. The standard InChI is InChI=1S/C19H24N8S/c1-13-4-5-14(25-28-3)10-15(13)23-18-17-16(21-12-22-18)11-20-19(24-17)27-8-6-26(2)7-9-27/h4-5,10-12,25H,6-9H2,1-3H3,(H,21,22,23). The number of anilines is 4. The van der Waals surface area contributed by atoms with Crippen molar-refractivity contribution in [3.8, 4) is 0 Å². The van der Waals surface area contributed by atoms with E-state index in [-0.39, 0.29) is 0 Å². The normalized spacial score (nSPS) is 15.0. The Balaban J connectivity index is 1.67. The lowest BCUT2D eigenvalue weighted by molar-refractivity contribution is 0.311. The zero-order valence-corrected chi connectivity index (χ0v) is 17.1. The van der Waals surface area contributed by atoms with E-state index in [9.17, 15) is 0 Å². The molecule has 0 spiro atoms. The van der Waals surface area contributed by atoms with Crippen LogP contribution < -0.4 is 14.9 Å². The Morgan fingerprint density at radius 1 is 1.07 bits per heavy atom. The number of hydrogen-bond donors (Lipinski definition) is 2. The predicted octanol–water partition coefficient (Wildman–Crippen LogP) is 2.91. The van der Waals surface area contributed by atoms with E-state index in [1.807, 2.05) is 6.26 Å². The molecule has 0 aliphatic carbocycles. The number of rotatable bonds is 5. The van der Waals surface area contributed by atoms with Crippen LogP contribution in [0.4, 0.5) is 23.1 Å². The minimum atomic E-state index is 0.687. The van der Waals surface area contributed by atoms with Gasteiger partial charge in [0.25, 0.3) is 0 Å². The van der Waals surface area contributed by atoms with Gasteiger partial charge in [-0.3, -0.25) is 0 Å². The van der Waals surface area contributed by atoms with Crippen LogP contribution in [0.1, 0.15) is 5.56 Å². The van der Waals surface area contributed by atoms with Crippen molar-refractivity contribution in [2.45, 2.75) is 6.92 Å². The molecular weight excluding hydrogens is 372 g/mol. The summed E-state index contributed by atoms with van der Waals surface area (Å²) >= 11 is 1.56. The maximum Gasteiger partial charge on any atom is 0.226 e. The Morgan fingerprint density at radius 3 is 2.68 bits per heavy atom. The lowest BCUT2D eigenvalue weighted by Crippen LogP contribution is -2.45. The largest absolute Gasteiger partial charge is 0.338 e. The third-order valence-corrected chi connectivity index (χ3v) is 5.30. The van der Waals surface area contributed by atoms with E-state index in [1.54, 1.807) is 24.5 Å². The molecule has 4 rings (SSSR count). The summed E-state index contributed by atoms with van der Waals surface area (Å²) in [6.07, 6.45) is 5.33. The molecule has 3 heterocycles. The number of hydrogen-bond acceptors (Lipinski definition) is 9. The molecule has 0 saturated carbocycles. The topological polar surface area (TPSA) is 82.1 Å². The molecule has 1 aliphatic rings. The Morgan fingerprint density at radius 2 is 1.89 bits per heavy atom. The fraction of sp³-hybridized carbons (Fsp3) is 0.368. The minimum absolute atomic E-state index is 0.687. The molecule has 1 aromatic carbocycles. The van der Waals surface area contributed by atoms with Crippen LogP contribution in [0.5, 0.6) is 0 Å². The van der Waals surface area contributed by atoms with Gasteiger partial charge < -0.3 is 19.8 Å². The zero-order valence-electron chi connectivity index (χ0n) is 16.3. The molecule has 0 amide bonds. The van der Waals surface area contributed by atoms with Gasteiger partial charge in [-0.2, -0.15) is 0 Å². The molecule has 0 unspecified atom stereocenters. The van der Waals surface area contributed by atoms with Crippen molar-refractivity contribution in [2.24, 2.45) is 0 Å². The molecule has 2 aromatic heterocycles. The van der Waals surface area contributed by atoms with Crippen LogP contribution in [-0.2, 0) is 0 Å². The number of piperazine rings is 1. The number of aromatic nitrogens is 4. The van der Waals surface area contributed by atoms with E-state index in [4.69, 9.17) is 4.98 Å². The molecule has 2 N–H and O–H groups in total. The van der Waals surface area contributed by atoms with Crippen molar-refractivity contribution in [1.29, 1.82) is 0 Å². The number of aryl methyl sites for hydroxylation is 1. The summed E-state index contributed by atoms with van der Waals surface area (Å²) in [5, 5.41) is 3.43. The smallest absolute Gasteiger partial charge is 0.226 e. The number of benzene rings is 1. The van der Waals surface area contributed by atoms with E-state index in [0.29, 0.717) is 5.82 Å². The van der Waals surface area contributed by atoms with Gasteiger partial charge in [-0.1, -0.05) is 18.0 Å². The Hall–Kier alpha value is -2.65. The van der Waals surface area contributed by atoms with Gasteiger partial charge in [-0.15, -0.1) is 0 Å². The van der Waals surface area contributed by atoms with E-state index in [2.05, 4.69) is 67.0 Å². The summed E-state index contributed by atoms with van der Waals surface area (Å²) in [5.41, 5.74) is 4.61. The summed E-state index contributed by atoms with van der Waals surface area (Å²) in [4.78, 5) is 22.6. The molecule has 0 atom stereocenters. The van der Waals surface area contributed by atoms with Gasteiger partial charge in [0.15, 0.2) is 5.82 Å². The molecular formula is C19H24N8S. The lowest BCUT2D eigenvalue weighted by atomic mass is 10.2. The zero-order chi connectivity index (χ0) is 19.5. The first-order valence-corrected chi connectivity index (χ1v) is 10.4. The second kappa shape index (κ2) is 8.15. The first-order valence-electron chi connectivity index (χ1n) is 9.22. The molecule has 0 radical (unpaired) electrons. The summed E-state index contributed by atoms with van der Waals surface area (Å²) in [5.74, 6) is 1.42. The number of likely N-dealkylation sites (N-methyl/N-ethyl adjacent to an activating group) is 1. The molecule has 1 aliphatic heterocycles. The van der Waals surface area contributed by atoms with Gasteiger partial charge in [0.05, 0.1) is 6.20 Å². The van der Waals surface area contributed by atoms with Crippen LogP contribution in [0.3, 0.4) is 0 Å². The van der Waals surface area contributed by atoms with Crippen molar-refractivity contribution in [3.05, 3.63) is 36.3 Å². The van der Waals surface area contributed by atoms with Crippen molar-refractivity contribution >= 4 is 46.1 Å². The third-order valence-electron chi connectivity index (χ3n) is 4.86. The summed E-state index contributed by atoms with van der Waals surface area (Å²) in [6, 6.07) is 6.21. The molecule has 28 heavy (non-hydrogen) atoms. The number of fused-ring (bicyclic) bond motifs is 1. The van der Waals surface area contributed by atoms with E-state index in [1.165, 1.54) is 0 Å². The highest BCUT2D eigenvalue weighted by Gasteiger charge is 2.18. The van der Waals surface area contributed by atoms with Gasteiger partial charge in [0.1, 0.15) is 17.4 Å². The Kier molecular flexibility index (Phi) is 5.45. The number of nitrogens with zero attached hydrogens (tertiary/aromatic N) is 6. The van der Waals surface area contributed by atoms with Gasteiger partial charge in [-0.25, -0.2) is 19.9 Å². The average molecular weight is 397 g/mol. The molecule has 3 aromatic rings. The third kappa shape index (κ3) is 3.95. The highest BCUT2D eigenvalue weighted by molar-refractivity contribution is 7.99. The van der Waals surface area contributed by atoms with Crippen LogP contribution in [-0.4, -0.2) is 64.3 Å². The maximum atomic E-state index is 4.80. The molecule has 146 valence electrons. The van der Waals surface area contributed by atoms with Crippen molar-refractivity contribution in [1.82, 2.24) is 24.8 Å². The quantitative estimate of drug-likeness (QED) is 0.633. The SMILES string of the molecule is CSNc1ccc(C)c(Nc2ncnc3cnc(N4CCN(C)CC4)nc23)c1. The second-order valence-electron chi connectivity index (χ2n) is 6.88.